The Morgan fingerprint density at radius 3 is 2.50 bits per heavy atom. The van der Waals surface area contributed by atoms with E-state index in [0.29, 0.717) is 11.4 Å². The van der Waals surface area contributed by atoms with E-state index in [9.17, 15) is 8.42 Å². The molecule has 3 aromatic rings. The highest BCUT2D eigenvalue weighted by atomic mass is 32.2. The molecule has 1 atom stereocenters. The molecule has 2 heterocycles. The summed E-state index contributed by atoms with van der Waals surface area (Å²) in [5.41, 5.74) is 2.02. The summed E-state index contributed by atoms with van der Waals surface area (Å²) >= 11 is 1.58. The third-order valence-corrected chi connectivity index (χ3v) is 7.91. The van der Waals surface area contributed by atoms with E-state index >= 15 is 0 Å². The fourth-order valence-corrected chi connectivity index (χ4v) is 6.15. The predicted molar refractivity (Wildman–Crippen MR) is 112 cm³/mol. The smallest absolute Gasteiger partial charge is 0.243 e. The summed E-state index contributed by atoms with van der Waals surface area (Å²) in [5, 5.41) is 0.865. The number of aromatic nitrogens is 1. The second-order valence-corrected chi connectivity index (χ2v) is 9.85. The molecule has 4 rings (SSSR count). The lowest BCUT2D eigenvalue weighted by molar-refractivity contribution is 0.391. The van der Waals surface area contributed by atoms with E-state index in [1.165, 1.54) is 0 Å². The number of benzene rings is 2. The first-order valence-electron chi connectivity index (χ1n) is 9.32. The van der Waals surface area contributed by atoms with E-state index in [1.54, 1.807) is 34.4 Å². The number of sulfonamides is 1. The maximum atomic E-state index is 13.3. The Bertz CT molecular complexity index is 1050. The predicted octanol–water partition coefficient (Wildman–Crippen LogP) is 5.07. The van der Waals surface area contributed by atoms with Crippen molar-refractivity contribution in [3.8, 4) is 0 Å². The molecule has 4 nitrogen and oxygen atoms in total. The maximum absolute atomic E-state index is 13.3. The van der Waals surface area contributed by atoms with E-state index in [2.05, 4.69) is 4.98 Å². The second kappa shape index (κ2) is 8.07. The summed E-state index contributed by atoms with van der Waals surface area (Å²) in [7, 11) is -3.55. The topological polar surface area (TPSA) is 50.3 Å². The molecule has 6 heteroatoms. The van der Waals surface area contributed by atoms with Gasteiger partial charge in [0.1, 0.15) is 5.03 Å². The van der Waals surface area contributed by atoms with E-state index in [4.69, 9.17) is 0 Å². The van der Waals surface area contributed by atoms with Gasteiger partial charge in [-0.15, -0.1) is 0 Å². The standard InChI is InChI=1S/C22H22N2O2S2/c1-17-11-13-19(14-12-17)28(25,26)24-16-6-10-21(24)20-9-5-15-23-22(20)27-18-7-3-2-4-8-18/h2-5,7-9,11-15,21H,6,10,16H2,1H3/t21-/m1/s1. The molecule has 0 unspecified atom stereocenters. The molecule has 0 saturated carbocycles. The van der Waals surface area contributed by atoms with E-state index in [-0.39, 0.29) is 6.04 Å². The molecule has 28 heavy (non-hydrogen) atoms. The van der Waals surface area contributed by atoms with Gasteiger partial charge in [-0.25, -0.2) is 13.4 Å². The average molecular weight is 411 g/mol. The highest BCUT2D eigenvalue weighted by Gasteiger charge is 2.37. The molecule has 0 radical (unpaired) electrons. The zero-order valence-corrected chi connectivity index (χ0v) is 17.3. The Labute approximate surface area is 170 Å². The van der Waals surface area contributed by atoms with E-state index < -0.39 is 10.0 Å². The molecular weight excluding hydrogens is 388 g/mol. The van der Waals surface area contributed by atoms with Crippen LogP contribution in [0, 0.1) is 6.92 Å². The van der Waals surface area contributed by atoms with Crippen molar-refractivity contribution in [3.05, 3.63) is 84.1 Å². The molecule has 1 aliphatic heterocycles. The van der Waals surface area contributed by atoms with Crippen LogP contribution < -0.4 is 0 Å². The zero-order chi connectivity index (χ0) is 19.6. The van der Waals surface area contributed by atoms with Crippen molar-refractivity contribution in [2.75, 3.05) is 6.54 Å². The minimum Gasteiger partial charge on any atom is -0.249 e. The Kier molecular flexibility index (Phi) is 5.53. The van der Waals surface area contributed by atoms with Gasteiger partial charge in [-0.1, -0.05) is 53.7 Å². The summed E-state index contributed by atoms with van der Waals surface area (Å²) < 4.78 is 28.2. The fourth-order valence-electron chi connectivity index (χ4n) is 3.53. The van der Waals surface area contributed by atoms with Crippen molar-refractivity contribution >= 4 is 21.8 Å². The summed E-state index contributed by atoms with van der Waals surface area (Å²) in [6.45, 7) is 2.49. The lowest BCUT2D eigenvalue weighted by Gasteiger charge is -2.25. The number of hydrogen-bond donors (Lipinski definition) is 0. The molecule has 0 bridgehead atoms. The zero-order valence-electron chi connectivity index (χ0n) is 15.7. The molecule has 2 aromatic carbocycles. The SMILES string of the molecule is Cc1ccc(S(=O)(=O)N2CCC[C@@H]2c2cccnc2Sc2ccccc2)cc1. The van der Waals surface area contributed by atoms with Crippen molar-refractivity contribution in [3.63, 3.8) is 0 Å². The fraction of sp³-hybridized carbons (Fsp3) is 0.227. The van der Waals surface area contributed by atoms with Gasteiger partial charge in [0.25, 0.3) is 0 Å². The van der Waals surface area contributed by atoms with Crippen LogP contribution >= 0.6 is 11.8 Å². The monoisotopic (exact) mass is 410 g/mol. The molecule has 1 aliphatic rings. The van der Waals surface area contributed by atoms with Crippen molar-refractivity contribution in [2.24, 2.45) is 0 Å². The largest absolute Gasteiger partial charge is 0.249 e. The molecule has 1 fully saturated rings. The molecule has 0 N–H and O–H groups in total. The minimum atomic E-state index is -3.55. The van der Waals surface area contributed by atoms with Crippen molar-refractivity contribution in [2.45, 2.75) is 40.6 Å². The second-order valence-electron chi connectivity index (χ2n) is 6.90. The summed E-state index contributed by atoms with van der Waals surface area (Å²) in [6, 6.07) is 20.8. The molecule has 0 aliphatic carbocycles. The van der Waals surface area contributed by atoms with Crippen LogP contribution in [0.1, 0.15) is 30.0 Å². The minimum absolute atomic E-state index is 0.189. The third-order valence-electron chi connectivity index (χ3n) is 4.95. The van der Waals surface area contributed by atoms with Crippen LogP contribution in [0.5, 0.6) is 0 Å². The number of pyridine rings is 1. The maximum Gasteiger partial charge on any atom is 0.243 e. The lowest BCUT2D eigenvalue weighted by atomic mass is 10.1. The highest BCUT2D eigenvalue weighted by molar-refractivity contribution is 7.99. The molecule has 1 saturated heterocycles. The first-order valence-corrected chi connectivity index (χ1v) is 11.6. The lowest BCUT2D eigenvalue weighted by Crippen LogP contribution is -2.31. The highest BCUT2D eigenvalue weighted by Crippen LogP contribution is 2.41. The van der Waals surface area contributed by atoms with Crippen molar-refractivity contribution in [1.29, 1.82) is 0 Å². The van der Waals surface area contributed by atoms with E-state index in [0.717, 1.165) is 33.9 Å². The van der Waals surface area contributed by atoms with Crippen LogP contribution in [0.15, 0.2) is 87.7 Å². The van der Waals surface area contributed by atoms with Gasteiger partial charge in [0, 0.05) is 23.2 Å². The molecule has 0 spiro atoms. The van der Waals surface area contributed by atoms with Crippen LogP contribution in [0.2, 0.25) is 0 Å². The summed E-state index contributed by atoms with van der Waals surface area (Å²) in [5.74, 6) is 0. The van der Waals surface area contributed by atoms with E-state index in [1.807, 2.05) is 61.5 Å². The quantitative estimate of drug-likeness (QED) is 0.589. The summed E-state index contributed by atoms with van der Waals surface area (Å²) in [4.78, 5) is 6.00. The van der Waals surface area contributed by atoms with Crippen LogP contribution in [-0.4, -0.2) is 24.3 Å². The Morgan fingerprint density at radius 2 is 1.75 bits per heavy atom. The number of hydrogen-bond acceptors (Lipinski definition) is 4. The Balaban J connectivity index is 1.68. The van der Waals surface area contributed by atoms with Crippen LogP contribution in [0.25, 0.3) is 0 Å². The molecule has 0 amide bonds. The number of aryl methyl sites for hydroxylation is 1. The number of nitrogens with zero attached hydrogens (tertiary/aromatic N) is 2. The average Bonchev–Trinajstić information content (AvgIpc) is 3.20. The van der Waals surface area contributed by atoms with Crippen LogP contribution in [-0.2, 0) is 10.0 Å². The van der Waals surface area contributed by atoms with Gasteiger partial charge in [0.15, 0.2) is 0 Å². The molecule has 144 valence electrons. The van der Waals surface area contributed by atoms with Crippen LogP contribution in [0.4, 0.5) is 0 Å². The van der Waals surface area contributed by atoms with Crippen LogP contribution in [0.3, 0.4) is 0 Å². The van der Waals surface area contributed by atoms with Gasteiger partial charge in [-0.05, 0) is 50.1 Å². The third kappa shape index (κ3) is 3.85. The first kappa shape index (κ1) is 19.2. The van der Waals surface area contributed by atoms with Gasteiger partial charge in [-0.3, -0.25) is 0 Å². The van der Waals surface area contributed by atoms with Gasteiger partial charge in [-0.2, -0.15) is 4.31 Å². The van der Waals surface area contributed by atoms with Gasteiger partial charge in [0.2, 0.25) is 10.0 Å². The Morgan fingerprint density at radius 1 is 1.00 bits per heavy atom. The van der Waals surface area contributed by atoms with Crippen molar-refractivity contribution < 1.29 is 8.42 Å². The van der Waals surface area contributed by atoms with Crippen molar-refractivity contribution in [1.82, 2.24) is 9.29 Å². The number of rotatable bonds is 5. The molecule has 1 aromatic heterocycles. The van der Waals surface area contributed by atoms with Gasteiger partial charge >= 0.3 is 0 Å². The first-order chi connectivity index (χ1) is 13.6. The summed E-state index contributed by atoms with van der Waals surface area (Å²) in [6.07, 6.45) is 3.42. The Hall–Kier alpha value is -2.15. The van der Waals surface area contributed by atoms with Gasteiger partial charge in [0.05, 0.1) is 10.9 Å². The normalized spacial score (nSPS) is 17.7. The molecular formula is C22H22N2O2S2. The van der Waals surface area contributed by atoms with Gasteiger partial charge < -0.3 is 0 Å².